The maximum absolute atomic E-state index is 12.5. The van der Waals surface area contributed by atoms with Crippen LogP contribution in [0.3, 0.4) is 0 Å². The molecular weight excluding hydrogens is 268 g/mol. The van der Waals surface area contributed by atoms with Gasteiger partial charge in [0.05, 0.1) is 6.54 Å². The van der Waals surface area contributed by atoms with Crippen molar-refractivity contribution in [2.75, 3.05) is 13.6 Å². The lowest BCUT2D eigenvalue weighted by Gasteiger charge is -2.36. The van der Waals surface area contributed by atoms with Crippen LogP contribution in [0.5, 0.6) is 0 Å². The summed E-state index contributed by atoms with van der Waals surface area (Å²) >= 11 is 1.73. The van der Waals surface area contributed by atoms with E-state index in [1.807, 2.05) is 11.9 Å². The van der Waals surface area contributed by atoms with E-state index in [0.717, 1.165) is 19.4 Å². The van der Waals surface area contributed by atoms with Crippen molar-refractivity contribution in [3.05, 3.63) is 21.9 Å². The Balaban J connectivity index is 1.94. The molecule has 0 unspecified atom stereocenters. The Morgan fingerprint density at radius 2 is 2.10 bits per heavy atom. The molecule has 1 aromatic rings. The van der Waals surface area contributed by atoms with Crippen LogP contribution in [-0.2, 0) is 11.3 Å². The summed E-state index contributed by atoms with van der Waals surface area (Å²) in [5.74, 6) is 0.241. The minimum atomic E-state index is 0.0636. The standard InChI is InChI=1S/C16H26N2OS/c1-13-6-9-20-14(13)11-18(2)15(19)10-16(12-17)7-4-3-5-8-16/h6,9H,3-5,7-8,10-12,17H2,1-2H3. The third-order valence-corrected chi connectivity index (χ3v) is 5.66. The van der Waals surface area contributed by atoms with E-state index < -0.39 is 0 Å². The molecule has 1 amide bonds. The fraction of sp³-hybridized carbons (Fsp3) is 0.688. The van der Waals surface area contributed by atoms with Gasteiger partial charge in [-0.3, -0.25) is 4.79 Å². The van der Waals surface area contributed by atoms with Crippen molar-refractivity contribution in [2.45, 2.75) is 52.0 Å². The summed E-state index contributed by atoms with van der Waals surface area (Å²) in [6.07, 6.45) is 6.57. The second-order valence-electron chi connectivity index (χ2n) is 6.22. The molecule has 4 heteroatoms. The predicted octanol–water partition coefficient (Wildman–Crippen LogP) is 3.31. The number of carbonyl (C=O) groups is 1. The molecule has 0 radical (unpaired) electrons. The van der Waals surface area contributed by atoms with Gasteiger partial charge in [0.1, 0.15) is 0 Å². The molecule has 1 saturated carbocycles. The third kappa shape index (κ3) is 3.61. The van der Waals surface area contributed by atoms with Gasteiger partial charge in [0.25, 0.3) is 0 Å². The predicted molar refractivity (Wildman–Crippen MR) is 84.7 cm³/mol. The summed E-state index contributed by atoms with van der Waals surface area (Å²) in [7, 11) is 1.91. The molecule has 0 atom stereocenters. The number of rotatable bonds is 5. The van der Waals surface area contributed by atoms with Crippen LogP contribution >= 0.6 is 11.3 Å². The molecule has 0 saturated heterocycles. The van der Waals surface area contributed by atoms with E-state index in [1.54, 1.807) is 11.3 Å². The van der Waals surface area contributed by atoms with E-state index in [1.165, 1.54) is 29.7 Å². The smallest absolute Gasteiger partial charge is 0.223 e. The molecule has 112 valence electrons. The van der Waals surface area contributed by atoms with Crippen LogP contribution in [0.15, 0.2) is 11.4 Å². The van der Waals surface area contributed by atoms with Gasteiger partial charge in [-0.1, -0.05) is 19.3 Å². The maximum Gasteiger partial charge on any atom is 0.223 e. The average molecular weight is 294 g/mol. The van der Waals surface area contributed by atoms with Gasteiger partial charge in [-0.25, -0.2) is 0 Å². The number of hydrogen-bond donors (Lipinski definition) is 1. The minimum absolute atomic E-state index is 0.0636. The van der Waals surface area contributed by atoms with Crippen molar-refractivity contribution < 1.29 is 4.79 Å². The zero-order valence-corrected chi connectivity index (χ0v) is 13.5. The van der Waals surface area contributed by atoms with E-state index in [-0.39, 0.29) is 11.3 Å². The first-order valence-corrected chi connectivity index (χ1v) is 8.41. The minimum Gasteiger partial charge on any atom is -0.341 e. The first-order chi connectivity index (χ1) is 9.56. The topological polar surface area (TPSA) is 46.3 Å². The number of amides is 1. The molecule has 2 rings (SSSR count). The summed E-state index contributed by atoms with van der Waals surface area (Å²) in [6, 6.07) is 2.11. The average Bonchev–Trinajstić information content (AvgIpc) is 2.85. The van der Waals surface area contributed by atoms with Crippen molar-refractivity contribution >= 4 is 17.2 Å². The Morgan fingerprint density at radius 1 is 1.40 bits per heavy atom. The van der Waals surface area contributed by atoms with Crippen LogP contribution in [0.2, 0.25) is 0 Å². The quantitative estimate of drug-likeness (QED) is 0.905. The molecule has 20 heavy (non-hydrogen) atoms. The summed E-state index contributed by atoms with van der Waals surface area (Å²) in [5, 5.41) is 2.09. The molecule has 1 aliphatic carbocycles. The van der Waals surface area contributed by atoms with Crippen molar-refractivity contribution in [3.63, 3.8) is 0 Å². The van der Waals surface area contributed by atoms with Crippen molar-refractivity contribution in [1.29, 1.82) is 0 Å². The fourth-order valence-electron chi connectivity index (χ4n) is 3.08. The highest BCUT2D eigenvalue weighted by molar-refractivity contribution is 7.10. The first kappa shape index (κ1) is 15.5. The summed E-state index contributed by atoms with van der Waals surface area (Å²) in [6.45, 7) is 3.47. The monoisotopic (exact) mass is 294 g/mol. The maximum atomic E-state index is 12.5. The van der Waals surface area contributed by atoms with Crippen LogP contribution in [0.1, 0.15) is 49.0 Å². The molecule has 0 bridgehead atoms. The van der Waals surface area contributed by atoms with Crippen LogP contribution in [0.4, 0.5) is 0 Å². The second kappa shape index (κ2) is 6.72. The highest BCUT2D eigenvalue weighted by atomic mass is 32.1. The zero-order valence-electron chi connectivity index (χ0n) is 12.7. The SMILES string of the molecule is Cc1ccsc1CN(C)C(=O)CC1(CN)CCCCC1. The summed E-state index contributed by atoms with van der Waals surface area (Å²) in [5.41, 5.74) is 7.32. The first-order valence-electron chi connectivity index (χ1n) is 7.53. The van der Waals surface area contributed by atoms with Crippen LogP contribution < -0.4 is 5.73 Å². The molecule has 1 aliphatic rings. The molecule has 0 aromatic carbocycles. The van der Waals surface area contributed by atoms with Crippen molar-refractivity contribution in [2.24, 2.45) is 11.1 Å². The lowest BCUT2D eigenvalue weighted by atomic mass is 9.71. The van der Waals surface area contributed by atoms with Gasteiger partial charge in [-0.15, -0.1) is 11.3 Å². The van der Waals surface area contributed by atoms with Crippen molar-refractivity contribution in [1.82, 2.24) is 4.90 Å². The van der Waals surface area contributed by atoms with Gasteiger partial charge in [-0.05, 0) is 48.7 Å². The number of carbonyl (C=O) groups excluding carboxylic acids is 1. The highest BCUT2D eigenvalue weighted by Gasteiger charge is 2.33. The van der Waals surface area contributed by atoms with Crippen LogP contribution in [0.25, 0.3) is 0 Å². The Bertz CT molecular complexity index is 449. The van der Waals surface area contributed by atoms with E-state index >= 15 is 0 Å². The van der Waals surface area contributed by atoms with Gasteiger partial charge >= 0.3 is 0 Å². The number of nitrogens with two attached hydrogens (primary N) is 1. The van der Waals surface area contributed by atoms with E-state index in [4.69, 9.17) is 5.73 Å². The number of hydrogen-bond acceptors (Lipinski definition) is 3. The fourth-order valence-corrected chi connectivity index (χ4v) is 4.04. The Morgan fingerprint density at radius 3 is 2.65 bits per heavy atom. The Labute approximate surface area is 126 Å². The van der Waals surface area contributed by atoms with E-state index in [2.05, 4.69) is 18.4 Å². The lowest BCUT2D eigenvalue weighted by Crippen LogP contribution is -2.39. The van der Waals surface area contributed by atoms with Crippen LogP contribution in [0, 0.1) is 12.3 Å². The van der Waals surface area contributed by atoms with Crippen LogP contribution in [-0.4, -0.2) is 24.4 Å². The number of thiophene rings is 1. The Hall–Kier alpha value is -0.870. The molecule has 1 heterocycles. The summed E-state index contributed by atoms with van der Waals surface area (Å²) in [4.78, 5) is 15.6. The van der Waals surface area contributed by atoms with Gasteiger partial charge in [0, 0.05) is 18.3 Å². The number of nitrogens with zero attached hydrogens (tertiary/aromatic N) is 1. The molecule has 1 fully saturated rings. The highest BCUT2D eigenvalue weighted by Crippen LogP contribution is 2.38. The molecule has 0 aliphatic heterocycles. The largest absolute Gasteiger partial charge is 0.341 e. The zero-order chi connectivity index (χ0) is 14.6. The molecular formula is C16H26N2OS. The Kier molecular flexibility index (Phi) is 5.22. The molecule has 1 aromatic heterocycles. The van der Waals surface area contributed by atoms with Gasteiger partial charge < -0.3 is 10.6 Å². The number of aryl methyl sites for hydroxylation is 1. The lowest BCUT2D eigenvalue weighted by molar-refractivity contribution is -0.133. The molecule has 2 N–H and O–H groups in total. The van der Waals surface area contributed by atoms with Gasteiger partial charge in [0.15, 0.2) is 0 Å². The normalized spacial score (nSPS) is 17.9. The third-order valence-electron chi connectivity index (χ3n) is 4.65. The molecule has 0 spiro atoms. The second-order valence-corrected chi connectivity index (χ2v) is 7.22. The van der Waals surface area contributed by atoms with Crippen molar-refractivity contribution in [3.8, 4) is 0 Å². The van der Waals surface area contributed by atoms with E-state index in [9.17, 15) is 4.79 Å². The van der Waals surface area contributed by atoms with Gasteiger partial charge in [0.2, 0.25) is 5.91 Å². The van der Waals surface area contributed by atoms with Gasteiger partial charge in [-0.2, -0.15) is 0 Å². The summed E-state index contributed by atoms with van der Waals surface area (Å²) < 4.78 is 0. The molecule has 3 nitrogen and oxygen atoms in total. The van der Waals surface area contributed by atoms with E-state index in [0.29, 0.717) is 13.0 Å².